The summed E-state index contributed by atoms with van der Waals surface area (Å²) in [6, 6.07) is 14.3. The second-order valence-corrected chi connectivity index (χ2v) is 10.4. The number of aromatic nitrogens is 2. The Hall–Kier alpha value is -3.99. The van der Waals surface area contributed by atoms with Gasteiger partial charge in [-0.2, -0.15) is 0 Å². The minimum absolute atomic E-state index is 0.0590. The molecule has 0 spiro atoms. The van der Waals surface area contributed by atoms with Gasteiger partial charge < -0.3 is 24.2 Å². The van der Waals surface area contributed by atoms with E-state index >= 15 is 4.39 Å². The fourth-order valence-corrected chi connectivity index (χ4v) is 5.55. The molecule has 0 atom stereocenters. The summed E-state index contributed by atoms with van der Waals surface area (Å²) in [6.45, 7) is 4.26. The van der Waals surface area contributed by atoms with Gasteiger partial charge >= 0.3 is 5.97 Å². The van der Waals surface area contributed by atoms with E-state index in [1.165, 1.54) is 6.20 Å². The van der Waals surface area contributed by atoms with Crippen molar-refractivity contribution < 1.29 is 19.0 Å². The van der Waals surface area contributed by atoms with Gasteiger partial charge in [0, 0.05) is 64.5 Å². The number of hydrogen-bond donors (Lipinski definition) is 1. The first-order valence-corrected chi connectivity index (χ1v) is 13.6. The number of benzene rings is 2. The zero-order valence-corrected chi connectivity index (χ0v) is 23.6. The van der Waals surface area contributed by atoms with Gasteiger partial charge in [-0.15, -0.1) is 0 Å². The fraction of sp³-hybridized carbons (Fsp3) is 0.300. The lowest BCUT2D eigenvalue weighted by Crippen LogP contribution is -2.47. The van der Waals surface area contributed by atoms with Crippen molar-refractivity contribution in [1.82, 2.24) is 14.5 Å². The number of ether oxygens (including phenoxy) is 1. The molecular formula is C30H31ClFN5O4. The number of pyridine rings is 2. The first kappa shape index (κ1) is 28.5. The van der Waals surface area contributed by atoms with Crippen molar-refractivity contribution >= 4 is 40.0 Å². The van der Waals surface area contributed by atoms with Crippen LogP contribution in [0.4, 0.5) is 15.9 Å². The van der Waals surface area contributed by atoms with Crippen molar-refractivity contribution in [3.8, 4) is 5.69 Å². The SMILES string of the molecule is COCCN(C)Cc1ccc(-n2cc(C(=O)O)c(=O)c3cc(F)c(N4CCN(c5ccccn5)CC4)c(Cl)c32)cc1. The number of likely N-dealkylation sites (N-methyl/N-ethyl adjacent to an activating group) is 1. The lowest BCUT2D eigenvalue weighted by atomic mass is 10.1. The van der Waals surface area contributed by atoms with E-state index < -0.39 is 22.8 Å². The first-order valence-electron chi connectivity index (χ1n) is 13.3. The second-order valence-electron chi connectivity index (χ2n) is 10.0. The molecule has 2 aromatic carbocycles. The highest BCUT2D eigenvalue weighted by Crippen LogP contribution is 2.37. The van der Waals surface area contributed by atoms with Crippen molar-refractivity contribution in [1.29, 1.82) is 0 Å². The summed E-state index contributed by atoms with van der Waals surface area (Å²) in [7, 11) is 3.65. The molecule has 4 aromatic rings. The van der Waals surface area contributed by atoms with Crippen LogP contribution in [0.1, 0.15) is 15.9 Å². The molecule has 1 aliphatic rings. The van der Waals surface area contributed by atoms with E-state index in [1.807, 2.05) is 54.4 Å². The molecule has 0 unspecified atom stereocenters. The predicted octanol–water partition coefficient (Wildman–Crippen LogP) is 4.28. The van der Waals surface area contributed by atoms with Crippen LogP contribution in [0.3, 0.4) is 0 Å². The van der Waals surface area contributed by atoms with Gasteiger partial charge in [0.2, 0.25) is 5.43 Å². The Bertz CT molecular complexity index is 1610. The number of carboxylic acids is 1. The molecule has 1 saturated heterocycles. The number of piperazine rings is 1. The second kappa shape index (κ2) is 12.3. The van der Waals surface area contributed by atoms with Gasteiger partial charge in [0.25, 0.3) is 0 Å². The number of aromatic carboxylic acids is 1. The molecule has 2 aromatic heterocycles. The van der Waals surface area contributed by atoms with Crippen molar-refractivity contribution in [3.05, 3.63) is 93.1 Å². The minimum atomic E-state index is -1.40. The number of rotatable bonds is 9. The third-order valence-corrected chi connectivity index (χ3v) is 7.66. The maximum absolute atomic E-state index is 15.6. The fourth-order valence-electron chi connectivity index (χ4n) is 5.15. The maximum Gasteiger partial charge on any atom is 0.341 e. The van der Waals surface area contributed by atoms with E-state index in [0.29, 0.717) is 45.0 Å². The molecular weight excluding hydrogens is 549 g/mol. The van der Waals surface area contributed by atoms with E-state index in [2.05, 4.69) is 14.8 Å². The highest BCUT2D eigenvalue weighted by atomic mass is 35.5. The molecule has 1 fully saturated rings. The molecule has 5 rings (SSSR count). The van der Waals surface area contributed by atoms with Crippen LogP contribution in [0.25, 0.3) is 16.6 Å². The standard InChI is InChI=1S/C30H31ClFN5O4/c1-34(15-16-41-2)18-20-6-8-21(9-7-20)37-19-23(30(39)40)29(38)22-17-24(32)28(26(31)27(22)37)36-13-11-35(12-14-36)25-5-3-4-10-33-25/h3-10,17,19H,11-16,18H2,1-2H3,(H,39,40). The van der Waals surface area contributed by atoms with Crippen LogP contribution in [0.2, 0.25) is 5.02 Å². The van der Waals surface area contributed by atoms with Gasteiger partial charge in [0.15, 0.2) is 0 Å². The number of hydrogen-bond acceptors (Lipinski definition) is 7. The van der Waals surface area contributed by atoms with Gasteiger partial charge in [-0.3, -0.25) is 9.69 Å². The molecule has 3 heterocycles. The summed E-state index contributed by atoms with van der Waals surface area (Å²) in [5.41, 5.74) is 0.836. The van der Waals surface area contributed by atoms with Gasteiger partial charge in [-0.05, 0) is 42.9 Å². The quantitative estimate of drug-likeness (QED) is 0.314. The number of anilines is 2. The van der Waals surface area contributed by atoms with Crippen LogP contribution >= 0.6 is 11.6 Å². The molecule has 1 aliphatic heterocycles. The Morgan fingerprint density at radius 2 is 1.83 bits per heavy atom. The van der Waals surface area contributed by atoms with Crippen LogP contribution in [0.15, 0.2) is 65.7 Å². The van der Waals surface area contributed by atoms with Crippen molar-refractivity contribution in [2.45, 2.75) is 6.54 Å². The number of carbonyl (C=O) groups is 1. The number of methoxy groups -OCH3 is 1. The molecule has 0 radical (unpaired) electrons. The third-order valence-electron chi connectivity index (χ3n) is 7.30. The highest BCUT2D eigenvalue weighted by Gasteiger charge is 2.27. The largest absolute Gasteiger partial charge is 0.477 e. The zero-order chi connectivity index (χ0) is 29.1. The Balaban J connectivity index is 1.54. The molecule has 214 valence electrons. The Kier molecular flexibility index (Phi) is 8.53. The maximum atomic E-state index is 15.6. The highest BCUT2D eigenvalue weighted by molar-refractivity contribution is 6.38. The summed E-state index contributed by atoms with van der Waals surface area (Å²) in [6.07, 6.45) is 3.00. The average molecular weight is 580 g/mol. The summed E-state index contributed by atoms with van der Waals surface area (Å²) < 4.78 is 22.3. The zero-order valence-electron chi connectivity index (χ0n) is 22.9. The molecule has 0 bridgehead atoms. The van der Waals surface area contributed by atoms with Gasteiger partial charge in [-0.25, -0.2) is 14.2 Å². The van der Waals surface area contributed by atoms with Gasteiger partial charge in [0.05, 0.1) is 28.2 Å². The third kappa shape index (κ3) is 5.90. The average Bonchev–Trinajstić information content (AvgIpc) is 2.97. The normalized spacial score (nSPS) is 13.8. The first-order chi connectivity index (χ1) is 19.8. The molecule has 0 amide bonds. The number of nitrogens with zero attached hydrogens (tertiary/aromatic N) is 5. The molecule has 9 nitrogen and oxygen atoms in total. The van der Waals surface area contributed by atoms with Crippen molar-refractivity contribution in [2.24, 2.45) is 0 Å². The van der Waals surface area contributed by atoms with Crippen LogP contribution in [0, 0.1) is 5.82 Å². The van der Waals surface area contributed by atoms with E-state index in [4.69, 9.17) is 16.3 Å². The minimum Gasteiger partial charge on any atom is -0.477 e. The van der Waals surface area contributed by atoms with Crippen molar-refractivity contribution in [2.75, 3.05) is 63.3 Å². The summed E-state index contributed by atoms with van der Waals surface area (Å²) in [5.74, 6) is -1.22. The molecule has 0 aliphatic carbocycles. The van der Waals surface area contributed by atoms with Crippen molar-refractivity contribution in [3.63, 3.8) is 0 Å². The Morgan fingerprint density at radius 3 is 2.46 bits per heavy atom. The Labute approximate surface area is 241 Å². The summed E-state index contributed by atoms with van der Waals surface area (Å²) >= 11 is 6.91. The molecule has 1 N–H and O–H groups in total. The van der Waals surface area contributed by atoms with Crippen LogP contribution in [0.5, 0.6) is 0 Å². The van der Waals surface area contributed by atoms with Gasteiger partial charge in [0.1, 0.15) is 17.2 Å². The number of carboxylic acid groups (broad SMARTS) is 1. The van der Waals surface area contributed by atoms with E-state index in [-0.39, 0.29) is 21.6 Å². The molecule has 41 heavy (non-hydrogen) atoms. The van der Waals surface area contributed by atoms with E-state index in [1.54, 1.807) is 17.9 Å². The lowest BCUT2D eigenvalue weighted by Gasteiger charge is -2.37. The van der Waals surface area contributed by atoms with Crippen LogP contribution < -0.4 is 15.2 Å². The monoisotopic (exact) mass is 579 g/mol. The van der Waals surface area contributed by atoms with E-state index in [9.17, 15) is 14.7 Å². The van der Waals surface area contributed by atoms with E-state index in [0.717, 1.165) is 24.0 Å². The summed E-state index contributed by atoms with van der Waals surface area (Å²) in [4.78, 5) is 35.6. The lowest BCUT2D eigenvalue weighted by molar-refractivity contribution is 0.0695. The molecule has 0 saturated carbocycles. The summed E-state index contributed by atoms with van der Waals surface area (Å²) in [5, 5.41) is 9.72. The van der Waals surface area contributed by atoms with Crippen LogP contribution in [-0.4, -0.2) is 79.0 Å². The topological polar surface area (TPSA) is 91.1 Å². The Morgan fingerprint density at radius 1 is 1.12 bits per heavy atom. The van der Waals surface area contributed by atoms with Gasteiger partial charge in [-0.1, -0.05) is 29.8 Å². The molecule has 11 heteroatoms. The smallest absolute Gasteiger partial charge is 0.341 e. The predicted molar refractivity (Wildman–Crippen MR) is 158 cm³/mol. The van der Waals surface area contributed by atoms with Crippen LogP contribution in [-0.2, 0) is 11.3 Å². The number of fused-ring (bicyclic) bond motifs is 1. The number of halogens is 2.